The Labute approximate surface area is 162 Å². The van der Waals surface area contributed by atoms with Crippen LogP contribution < -0.4 is 9.64 Å². The fourth-order valence-corrected chi connectivity index (χ4v) is 3.05. The van der Waals surface area contributed by atoms with Gasteiger partial charge in [-0.05, 0) is 30.3 Å². The number of alkyl halides is 6. The first-order chi connectivity index (χ1) is 13.6. The molecule has 0 N–H and O–H groups in total. The lowest BCUT2D eigenvalue weighted by Gasteiger charge is -2.33. The molecule has 10 heteroatoms. The summed E-state index contributed by atoms with van der Waals surface area (Å²) >= 11 is 0. The predicted molar refractivity (Wildman–Crippen MR) is 91.9 cm³/mol. The monoisotopic (exact) mass is 418 g/mol. The van der Waals surface area contributed by atoms with Crippen LogP contribution in [-0.2, 0) is 12.4 Å². The van der Waals surface area contributed by atoms with Crippen molar-refractivity contribution >= 4 is 12.1 Å². The molecule has 1 saturated heterocycles. The first-order valence-corrected chi connectivity index (χ1v) is 8.69. The first-order valence-electron chi connectivity index (χ1n) is 8.69. The molecule has 0 bridgehead atoms. The maximum absolute atomic E-state index is 12.8. The molecule has 1 aromatic carbocycles. The highest BCUT2D eigenvalue weighted by Gasteiger charge is 2.32. The molecular weight excluding hydrogens is 402 g/mol. The zero-order chi connectivity index (χ0) is 21.2. The second kappa shape index (κ2) is 7.92. The lowest BCUT2D eigenvalue weighted by Crippen LogP contribution is -2.38. The second-order valence-corrected chi connectivity index (χ2v) is 6.58. The number of carbonyl (C=O) groups excluding carboxylic acids is 1. The minimum atomic E-state index is -4.56. The zero-order valence-electron chi connectivity index (χ0n) is 14.9. The summed E-state index contributed by atoms with van der Waals surface area (Å²) in [5.41, 5.74) is -1.95. The maximum atomic E-state index is 12.8. The molecule has 1 aromatic heterocycles. The van der Waals surface area contributed by atoms with Crippen molar-refractivity contribution in [2.45, 2.75) is 31.3 Å². The van der Waals surface area contributed by atoms with Crippen molar-refractivity contribution in [2.75, 3.05) is 18.0 Å². The summed E-state index contributed by atoms with van der Waals surface area (Å²) in [6.07, 6.45) is -7.32. The van der Waals surface area contributed by atoms with E-state index in [2.05, 4.69) is 4.98 Å². The van der Waals surface area contributed by atoms with Gasteiger partial charge in [-0.25, -0.2) is 4.98 Å². The number of pyridine rings is 1. The van der Waals surface area contributed by atoms with E-state index in [0.29, 0.717) is 38.0 Å². The third kappa shape index (κ3) is 4.99. The molecule has 1 aliphatic heterocycles. The summed E-state index contributed by atoms with van der Waals surface area (Å²) in [7, 11) is 0. The van der Waals surface area contributed by atoms with Crippen LogP contribution >= 0.6 is 0 Å². The maximum Gasteiger partial charge on any atom is 0.417 e. The van der Waals surface area contributed by atoms with Gasteiger partial charge in [0.1, 0.15) is 17.7 Å². The molecule has 156 valence electrons. The van der Waals surface area contributed by atoms with Gasteiger partial charge in [0.25, 0.3) is 0 Å². The van der Waals surface area contributed by atoms with Gasteiger partial charge < -0.3 is 9.64 Å². The third-order valence-electron chi connectivity index (χ3n) is 4.60. The van der Waals surface area contributed by atoms with Crippen LogP contribution in [0.5, 0.6) is 5.75 Å². The summed E-state index contributed by atoms with van der Waals surface area (Å²) in [4.78, 5) is 16.8. The van der Waals surface area contributed by atoms with E-state index in [0.717, 1.165) is 30.5 Å². The molecule has 29 heavy (non-hydrogen) atoms. The average Bonchev–Trinajstić information content (AvgIpc) is 2.67. The van der Waals surface area contributed by atoms with E-state index in [1.54, 1.807) is 4.90 Å². The van der Waals surface area contributed by atoms with Crippen molar-refractivity contribution in [3.63, 3.8) is 0 Å². The SMILES string of the molecule is O=Cc1cc(C(F)(F)F)ccc1OC1CCN(c2ccc(C(F)(F)F)cn2)CC1. The normalized spacial score (nSPS) is 16.0. The van der Waals surface area contributed by atoms with E-state index in [1.165, 1.54) is 6.07 Å². The number of benzene rings is 1. The number of rotatable bonds is 4. The second-order valence-electron chi connectivity index (χ2n) is 6.58. The van der Waals surface area contributed by atoms with E-state index in [1.807, 2.05) is 0 Å². The number of nitrogens with zero attached hydrogens (tertiary/aromatic N) is 2. The van der Waals surface area contributed by atoms with Crippen LogP contribution in [0.2, 0.25) is 0 Å². The van der Waals surface area contributed by atoms with Crippen LogP contribution in [0.4, 0.5) is 32.2 Å². The largest absolute Gasteiger partial charge is 0.490 e. The summed E-state index contributed by atoms with van der Waals surface area (Å²) in [5.74, 6) is 0.471. The molecule has 0 atom stereocenters. The Morgan fingerprint density at radius 3 is 2.10 bits per heavy atom. The summed E-state index contributed by atoms with van der Waals surface area (Å²) < 4.78 is 81.8. The number of piperidine rings is 1. The Morgan fingerprint density at radius 2 is 1.59 bits per heavy atom. The lowest BCUT2D eigenvalue weighted by atomic mass is 10.1. The van der Waals surface area contributed by atoms with Crippen molar-refractivity contribution in [3.05, 3.63) is 53.2 Å². The highest BCUT2D eigenvalue weighted by molar-refractivity contribution is 5.79. The van der Waals surface area contributed by atoms with Crippen LogP contribution in [0, 0.1) is 0 Å². The molecule has 1 aliphatic rings. The molecule has 0 spiro atoms. The molecule has 0 saturated carbocycles. The molecule has 3 rings (SSSR count). The number of aromatic nitrogens is 1. The van der Waals surface area contributed by atoms with Gasteiger partial charge in [-0.15, -0.1) is 0 Å². The fraction of sp³-hybridized carbons (Fsp3) is 0.368. The number of carbonyl (C=O) groups is 1. The Bertz CT molecular complexity index is 856. The average molecular weight is 418 g/mol. The molecule has 1 fully saturated rings. The molecule has 0 aliphatic carbocycles. The van der Waals surface area contributed by atoms with Crippen LogP contribution in [0.1, 0.15) is 34.3 Å². The minimum absolute atomic E-state index is 0.0686. The number of anilines is 1. The summed E-state index contributed by atoms with van der Waals surface area (Å²) in [6, 6.07) is 4.97. The van der Waals surface area contributed by atoms with Crippen LogP contribution in [0.3, 0.4) is 0 Å². The predicted octanol–water partition coefficient (Wildman–Crippen LogP) is 4.98. The Kier molecular flexibility index (Phi) is 5.72. The topological polar surface area (TPSA) is 42.4 Å². The van der Waals surface area contributed by atoms with Gasteiger partial charge in [-0.2, -0.15) is 26.3 Å². The van der Waals surface area contributed by atoms with Gasteiger partial charge in [0.05, 0.1) is 16.7 Å². The summed E-state index contributed by atoms with van der Waals surface area (Å²) in [5, 5.41) is 0. The van der Waals surface area contributed by atoms with Gasteiger partial charge in [0.2, 0.25) is 0 Å². The highest BCUT2D eigenvalue weighted by Crippen LogP contribution is 2.33. The number of halogens is 6. The molecule has 4 nitrogen and oxygen atoms in total. The van der Waals surface area contributed by atoms with E-state index in [4.69, 9.17) is 4.74 Å². The van der Waals surface area contributed by atoms with Gasteiger partial charge >= 0.3 is 12.4 Å². The van der Waals surface area contributed by atoms with Gasteiger partial charge in [-0.1, -0.05) is 0 Å². The number of hydrogen-bond donors (Lipinski definition) is 0. The van der Waals surface area contributed by atoms with Crippen molar-refractivity contribution in [3.8, 4) is 5.75 Å². The van der Waals surface area contributed by atoms with E-state index in [-0.39, 0.29) is 17.4 Å². The van der Waals surface area contributed by atoms with Gasteiger partial charge in [-0.3, -0.25) is 4.79 Å². The van der Waals surface area contributed by atoms with Gasteiger partial charge in [0, 0.05) is 32.1 Å². The zero-order valence-corrected chi connectivity index (χ0v) is 14.9. The summed E-state index contributed by atoms with van der Waals surface area (Å²) in [6.45, 7) is 0.889. The molecule has 2 aromatic rings. The van der Waals surface area contributed by atoms with Gasteiger partial charge in [0.15, 0.2) is 6.29 Å². The lowest BCUT2D eigenvalue weighted by molar-refractivity contribution is -0.138. The van der Waals surface area contributed by atoms with Crippen molar-refractivity contribution in [2.24, 2.45) is 0 Å². The van der Waals surface area contributed by atoms with Crippen LogP contribution in [-0.4, -0.2) is 30.5 Å². The minimum Gasteiger partial charge on any atom is -0.490 e. The van der Waals surface area contributed by atoms with Crippen molar-refractivity contribution in [1.29, 1.82) is 0 Å². The smallest absolute Gasteiger partial charge is 0.417 e. The Morgan fingerprint density at radius 1 is 0.966 bits per heavy atom. The Hall–Kier alpha value is -2.78. The van der Waals surface area contributed by atoms with E-state index >= 15 is 0 Å². The Balaban J connectivity index is 1.62. The van der Waals surface area contributed by atoms with E-state index < -0.39 is 23.5 Å². The van der Waals surface area contributed by atoms with Crippen LogP contribution in [0.25, 0.3) is 0 Å². The molecular formula is C19H16F6N2O2. The first kappa shape index (κ1) is 20.9. The number of hydrogen-bond acceptors (Lipinski definition) is 4. The number of ether oxygens (including phenoxy) is 1. The molecule has 2 heterocycles. The van der Waals surface area contributed by atoms with E-state index in [9.17, 15) is 31.1 Å². The quantitative estimate of drug-likeness (QED) is 0.519. The number of aldehydes is 1. The van der Waals surface area contributed by atoms with Crippen LogP contribution in [0.15, 0.2) is 36.5 Å². The molecule has 0 unspecified atom stereocenters. The van der Waals surface area contributed by atoms with Crippen molar-refractivity contribution in [1.82, 2.24) is 4.98 Å². The third-order valence-corrected chi connectivity index (χ3v) is 4.60. The standard InChI is InChI=1S/C19H16F6N2O2/c20-18(21,22)13-1-3-16(12(9-13)11-28)29-15-5-7-27(8-6-15)17-4-2-14(10-26-17)19(23,24)25/h1-4,9-11,15H,5-8H2. The fourth-order valence-electron chi connectivity index (χ4n) is 3.05. The van der Waals surface area contributed by atoms with Crippen molar-refractivity contribution < 1.29 is 35.9 Å². The molecule has 0 amide bonds. The molecule has 0 radical (unpaired) electrons. The highest BCUT2D eigenvalue weighted by atomic mass is 19.4.